The molecule has 0 radical (unpaired) electrons. The summed E-state index contributed by atoms with van der Waals surface area (Å²) in [6.07, 6.45) is 2.46. The van der Waals surface area contributed by atoms with Crippen molar-refractivity contribution in [1.82, 2.24) is 14.8 Å². The minimum atomic E-state index is -0.422. The number of carbonyl (C=O) groups excluding carboxylic acids is 2. The second-order valence-electron chi connectivity index (χ2n) is 6.89. The molecule has 0 bridgehead atoms. The summed E-state index contributed by atoms with van der Waals surface area (Å²) >= 11 is 13.4. The van der Waals surface area contributed by atoms with E-state index < -0.39 is 5.97 Å². The summed E-state index contributed by atoms with van der Waals surface area (Å²) in [7, 11) is 0. The molecule has 172 valence electrons. The van der Waals surface area contributed by atoms with Crippen LogP contribution in [-0.2, 0) is 16.1 Å². The first-order chi connectivity index (χ1) is 15.9. The molecule has 0 atom stereocenters. The highest BCUT2D eigenvalue weighted by atomic mass is 35.5. The lowest BCUT2D eigenvalue weighted by Crippen LogP contribution is -2.15. The zero-order valence-corrected chi connectivity index (χ0v) is 20.2. The lowest BCUT2D eigenvalue weighted by atomic mass is 10.2. The molecule has 0 aliphatic carbocycles. The van der Waals surface area contributed by atoms with Crippen LogP contribution in [0, 0.1) is 0 Å². The highest BCUT2D eigenvalue weighted by Crippen LogP contribution is 2.29. The standard InChI is InChI=1S/C23H22Cl2N4O3S/c1-3-10-29-21(15-8-9-18(24)19(25)13-15)27-28-23(29)33-14-20(30)26-17-7-5-6-16(12-17)22(31)32-11-4-2/h3,5-9,12-13H,1,4,10-11,14H2,2H3,(H,26,30). The number of anilines is 1. The third-order valence-corrected chi connectivity index (χ3v) is 6.06. The Kier molecular flexibility index (Phi) is 8.94. The summed E-state index contributed by atoms with van der Waals surface area (Å²) in [6.45, 7) is 6.51. The van der Waals surface area contributed by atoms with Gasteiger partial charge in [-0.05, 0) is 42.8 Å². The molecule has 0 unspecified atom stereocenters. The fraction of sp³-hybridized carbons (Fsp3) is 0.217. The summed E-state index contributed by atoms with van der Waals surface area (Å²) in [5.74, 6) is 0.0221. The molecule has 1 N–H and O–H groups in total. The maximum Gasteiger partial charge on any atom is 0.338 e. The van der Waals surface area contributed by atoms with Crippen molar-refractivity contribution in [3.05, 3.63) is 70.7 Å². The lowest BCUT2D eigenvalue weighted by Gasteiger charge is -2.09. The van der Waals surface area contributed by atoms with Gasteiger partial charge in [0.25, 0.3) is 0 Å². The van der Waals surface area contributed by atoms with Crippen LogP contribution in [-0.4, -0.2) is 39.0 Å². The molecule has 2 aromatic carbocycles. The molecule has 1 amide bonds. The van der Waals surface area contributed by atoms with Crippen LogP contribution in [0.1, 0.15) is 23.7 Å². The Morgan fingerprint density at radius 1 is 1.18 bits per heavy atom. The molecule has 0 fully saturated rings. The summed E-state index contributed by atoms with van der Waals surface area (Å²) in [4.78, 5) is 24.5. The van der Waals surface area contributed by atoms with Gasteiger partial charge in [-0.25, -0.2) is 4.79 Å². The van der Waals surface area contributed by atoms with Gasteiger partial charge in [-0.15, -0.1) is 16.8 Å². The van der Waals surface area contributed by atoms with Crippen LogP contribution >= 0.6 is 35.0 Å². The van der Waals surface area contributed by atoms with Gasteiger partial charge >= 0.3 is 5.97 Å². The molecule has 0 aliphatic rings. The Hall–Kier alpha value is -2.81. The number of ether oxygens (including phenoxy) is 1. The molecular formula is C23H22Cl2N4O3S. The first-order valence-corrected chi connectivity index (χ1v) is 11.9. The number of thioether (sulfide) groups is 1. The number of aromatic nitrogens is 3. The Morgan fingerprint density at radius 2 is 2.00 bits per heavy atom. The van der Waals surface area contributed by atoms with E-state index in [1.54, 1.807) is 48.5 Å². The molecule has 0 aliphatic heterocycles. The largest absolute Gasteiger partial charge is 0.462 e. The zero-order valence-electron chi connectivity index (χ0n) is 17.9. The fourth-order valence-corrected chi connectivity index (χ4v) is 3.91. The predicted octanol–water partition coefficient (Wildman–Crippen LogP) is 5.74. The molecule has 0 saturated heterocycles. The average Bonchev–Trinajstić information content (AvgIpc) is 3.21. The summed E-state index contributed by atoms with van der Waals surface area (Å²) in [6, 6.07) is 11.8. The number of benzene rings is 2. The summed E-state index contributed by atoms with van der Waals surface area (Å²) < 4.78 is 6.98. The van der Waals surface area contributed by atoms with Gasteiger partial charge in [0.15, 0.2) is 11.0 Å². The number of allylic oxidation sites excluding steroid dienone is 1. The highest BCUT2D eigenvalue weighted by Gasteiger charge is 2.16. The van der Waals surface area contributed by atoms with E-state index in [1.807, 2.05) is 11.5 Å². The number of rotatable bonds is 10. The maximum atomic E-state index is 12.5. The first-order valence-electron chi connectivity index (χ1n) is 10.1. The molecule has 3 aromatic rings. The Bertz CT molecular complexity index is 1170. The minimum absolute atomic E-state index is 0.0984. The lowest BCUT2D eigenvalue weighted by molar-refractivity contribution is -0.113. The van der Waals surface area contributed by atoms with Gasteiger partial charge in [0.1, 0.15) is 0 Å². The first kappa shape index (κ1) is 24.8. The third kappa shape index (κ3) is 6.60. The van der Waals surface area contributed by atoms with E-state index in [2.05, 4.69) is 22.1 Å². The fourth-order valence-electron chi connectivity index (χ4n) is 2.87. The van der Waals surface area contributed by atoms with Crippen molar-refractivity contribution in [2.75, 3.05) is 17.7 Å². The van der Waals surface area contributed by atoms with Crippen molar-refractivity contribution >= 4 is 52.5 Å². The van der Waals surface area contributed by atoms with Crippen LogP contribution in [0.5, 0.6) is 0 Å². The number of esters is 1. The Balaban J connectivity index is 1.68. The summed E-state index contributed by atoms with van der Waals surface area (Å²) in [5, 5.41) is 12.7. The van der Waals surface area contributed by atoms with E-state index in [9.17, 15) is 9.59 Å². The average molecular weight is 505 g/mol. The van der Waals surface area contributed by atoms with Crippen LogP contribution < -0.4 is 5.32 Å². The normalized spacial score (nSPS) is 10.6. The van der Waals surface area contributed by atoms with Gasteiger partial charge in [-0.2, -0.15) is 0 Å². The second-order valence-corrected chi connectivity index (χ2v) is 8.64. The van der Waals surface area contributed by atoms with Crippen molar-refractivity contribution in [3.8, 4) is 11.4 Å². The molecular weight excluding hydrogens is 483 g/mol. The molecule has 33 heavy (non-hydrogen) atoms. The molecule has 1 aromatic heterocycles. The number of hydrogen-bond donors (Lipinski definition) is 1. The smallest absolute Gasteiger partial charge is 0.338 e. The highest BCUT2D eigenvalue weighted by molar-refractivity contribution is 7.99. The monoisotopic (exact) mass is 504 g/mol. The topological polar surface area (TPSA) is 86.1 Å². The van der Waals surface area contributed by atoms with Crippen molar-refractivity contribution in [2.24, 2.45) is 0 Å². The van der Waals surface area contributed by atoms with Gasteiger partial charge in [0, 0.05) is 17.8 Å². The van der Waals surface area contributed by atoms with Crippen LogP contribution in [0.3, 0.4) is 0 Å². The maximum absolute atomic E-state index is 12.5. The molecule has 7 nitrogen and oxygen atoms in total. The second kappa shape index (κ2) is 11.9. The van der Waals surface area contributed by atoms with Gasteiger partial charge in [0.2, 0.25) is 5.91 Å². The van der Waals surface area contributed by atoms with Crippen molar-refractivity contribution in [3.63, 3.8) is 0 Å². The van der Waals surface area contributed by atoms with E-state index in [0.29, 0.717) is 45.4 Å². The molecule has 0 saturated carbocycles. The van der Waals surface area contributed by atoms with Crippen molar-refractivity contribution in [2.45, 2.75) is 25.0 Å². The number of nitrogens with zero attached hydrogens (tertiary/aromatic N) is 3. The minimum Gasteiger partial charge on any atom is -0.462 e. The van der Waals surface area contributed by atoms with E-state index in [-0.39, 0.29) is 11.7 Å². The van der Waals surface area contributed by atoms with Crippen LogP contribution in [0.15, 0.2) is 60.3 Å². The Labute approximate surface area is 206 Å². The van der Waals surface area contributed by atoms with Gasteiger partial charge in [-0.3, -0.25) is 9.36 Å². The number of halogens is 2. The number of hydrogen-bond acceptors (Lipinski definition) is 6. The van der Waals surface area contributed by atoms with E-state index in [0.717, 1.165) is 12.0 Å². The molecule has 0 spiro atoms. The number of amides is 1. The van der Waals surface area contributed by atoms with Gasteiger partial charge in [0.05, 0.1) is 28.0 Å². The predicted molar refractivity (Wildman–Crippen MR) is 132 cm³/mol. The molecule has 1 heterocycles. The zero-order chi connectivity index (χ0) is 23.8. The van der Waals surface area contributed by atoms with Crippen molar-refractivity contribution < 1.29 is 14.3 Å². The van der Waals surface area contributed by atoms with E-state index in [4.69, 9.17) is 27.9 Å². The van der Waals surface area contributed by atoms with Gasteiger partial charge < -0.3 is 10.1 Å². The van der Waals surface area contributed by atoms with Crippen LogP contribution in [0.4, 0.5) is 5.69 Å². The number of nitrogens with one attached hydrogen (secondary N) is 1. The van der Waals surface area contributed by atoms with Crippen molar-refractivity contribution in [1.29, 1.82) is 0 Å². The summed E-state index contributed by atoms with van der Waals surface area (Å²) in [5.41, 5.74) is 1.64. The van der Waals surface area contributed by atoms with Crippen LogP contribution in [0.2, 0.25) is 10.0 Å². The van der Waals surface area contributed by atoms with E-state index in [1.165, 1.54) is 11.8 Å². The SMILES string of the molecule is C=CCn1c(SCC(=O)Nc2cccc(C(=O)OCCC)c2)nnc1-c1ccc(Cl)c(Cl)c1. The number of carbonyl (C=O) groups is 2. The van der Waals surface area contributed by atoms with Crippen LogP contribution in [0.25, 0.3) is 11.4 Å². The molecule has 3 rings (SSSR count). The molecule has 10 heteroatoms. The quantitative estimate of drug-likeness (QED) is 0.215. The third-order valence-electron chi connectivity index (χ3n) is 4.36. The van der Waals surface area contributed by atoms with Gasteiger partial charge in [-0.1, -0.05) is 54.0 Å². The van der Waals surface area contributed by atoms with E-state index >= 15 is 0 Å². The Morgan fingerprint density at radius 3 is 2.73 bits per heavy atom.